The highest BCUT2D eigenvalue weighted by atomic mass is 16.5. The third kappa shape index (κ3) is 2.98. The van der Waals surface area contributed by atoms with Crippen molar-refractivity contribution in [3.63, 3.8) is 0 Å². The Balaban J connectivity index is 1.70. The Morgan fingerprint density at radius 3 is 2.81 bits per heavy atom. The average Bonchev–Trinajstić information content (AvgIpc) is 2.74. The topological polar surface area (TPSA) is 67.9 Å². The number of fused-ring (bicyclic) bond motifs is 2. The van der Waals surface area contributed by atoms with Crippen molar-refractivity contribution in [2.24, 2.45) is 0 Å². The average molecular weight is 352 g/mol. The molecule has 2 aliphatic rings. The van der Waals surface area contributed by atoms with E-state index in [0.29, 0.717) is 30.1 Å². The Hall–Kier alpha value is -3.02. The summed E-state index contributed by atoms with van der Waals surface area (Å²) in [6.45, 7) is 4.73. The van der Waals surface area contributed by atoms with Crippen molar-refractivity contribution in [3.05, 3.63) is 53.6 Å². The summed E-state index contributed by atoms with van der Waals surface area (Å²) in [6.07, 6.45) is 0. The summed E-state index contributed by atoms with van der Waals surface area (Å²) in [6, 6.07) is 13.0. The van der Waals surface area contributed by atoms with E-state index < -0.39 is 5.60 Å². The van der Waals surface area contributed by atoms with Gasteiger partial charge in [-0.05, 0) is 32.0 Å². The molecular weight excluding hydrogens is 332 g/mol. The number of nitrogens with zero attached hydrogens (tertiary/aromatic N) is 1. The molecule has 134 valence electrons. The van der Waals surface area contributed by atoms with Crippen molar-refractivity contribution in [2.75, 3.05) is 18.5 Å². The van der Waals surface area contributed by atoms with Gasteiger partial charge in [0.05, 0.1) is 17.8 Å². The van der Waals surface area contributed by atoms with Crippen molar-refractivity contribution in [2.45, 2.75) is 26.0 Å². The Morgan fingerprint density at radius 1 is 1.15 bits per heavy atom. The van der Waals surface area contributed by atoms with Crippen LogP contribution < -0.4 is 14.8 Å². The van der Waals surface area contributed by atoms with Gasteiger partial charge in [0.2, 0.25) is 0 Å². The van der Waals surface area contributed by atoms with Crippen LogP contribution in [-0.2, 0) is 11.3 Å². The van der Waals surface area contributed by atoms with E-state index in [-0.39, 0.29) is 18.4 Å². The largest absolute Gasteiger partial charge is 0.486 e. The maximum absolute atomic E-state index is 13.3. The van der Waals surface area contributed by atoms with Gasteiger partial charge in [-0.15, -0.1) is 0 Å². The first-order valence-electron chi connectivity index (χ1n) is 8.55. The first kappa shape index (κ1) is 16.4. The zero-order valence-corrected chi connectivity index (χ0v) is 14.7. The quantitative estimate of drug-likeness (QED) is 0.857. The third-order valence-electron chi connectivity index (χ3n) is 4.45. The van der Waals surface area contributed by atoms with Gasteiger partial charge in [-0.1, -0.05) is 24.3 Å². The van der Waals surface area contributed by atoms with E-state index >= 15 is 0 Å². The molecule has 6 heteroatoms. The van der Waals surface area contributed by atoms with E-state index in [1.165, 1.54) is 0 Å². The zero-order chi connectivity index (χ0) is 18.3. The van der Waals surface area contributed by atoms with Crippen LogP contribution >= 0.6 is 0 Å². The number of anilines is 1. The number of carbonyl (C=O) groups excluding carboxylic acids is 2. The highest BCUT2D eigenvalue weighted by Crippen LogP contribution is 2.35. The fourth-order valence-corrected chi connectivity index (χ4v) is 3.38. The Kier molecular flexibility index (Phi) is 3.83. The first-order valence-corrected chi connectivity index (χ1v) is 8.55. The molecule has 0 spiro atoms. The number of para-hydroxylation sites is 2. The molecule has 2 aromatic rings. The van der Waals surface area contributed by atoms with Gasteiger partial charge in [-0.25, -0.2) is 0 Å². The van der Waals surface area contributed by atoms with Crippen LogP contribution in [0.5, 0.6) is 11.5 Å². The first-order chi connectivity index (χ1) is 12.4. The fraction of sp³-hybridized carbons (Fsp3) is 0.300. The Morgan fingerprint density at radius 2 is 1.96 bits per heavy atom. The van der Waals surface area contributed by atoms with Crippen molar-refractivity contribution in [3.8, 4) is 11.5 Å². The number of rotatable bonds is 1. The second-order valence-electron chi connectivity index (χ2n) is 7.15. The van der Waals surface area contributed by atoms with Gasteiger partial charge >= 0.3 is 0 Å². The number of nitrogens with one attached hydrogen (secondary N) is 1. The van der Waals surface area contributed by atoms with Gasteiger partial charge < -0.3 is 19.7 Å². The Labute approximate surface area is 151 Å². The fourth-order valence-electron chi connectivity index (χ4n) is 3.38. The number of amides is 2. The maximum atomic E-state index is 13.3. The van der Waals surface area contributed by atoms with Gasteiger partial charge in [0.25, 0.3) is 11.8 Å². The second-order valence-corrected chi connectivity index (χ2v) is 7.15. The smallest absolute Gasteiger partial charge is 0.262 e. The van der Waals surface area contributed by atoms with E-state index in [9.17, 15) is 9.59 Å². The molecule has 0 fully saturated rings. The third-order valence-corrected chi connectivity index (χ3v) is 4.45. The number of benzene rings is 2. The van der Waals surface area contributed by atoms with E-state index in [0.717, 1.165) is 11.3 Å². The van der Waals surface area contributed by atoms with Crippen LogP contribution in [0.2, 0.25) is 0 Å². The van der Waals surface area contributed by atoms with E-state index in [2.05, 4.69) is 5.32 Å². The molecule has 0 saturated carbocycles. The predicted molar refractivity (Wildman–Crippen MR) is 96.5 cm³/mol. The van der Waals surface area contributed by atoms with Crippen LogP contribution in [0.4, 0.5) is 5.69 Å². The van der Waals surface area contributed by atoms with Crippen molar-refractivity contribution in [1.29, 1.82) is 0 Å². The number of ether oxygens (including phenoxy) is 2. The van der Waals surface area contributed by atoms with Gasteiger partial charge in [-0.2, -0.15) is 0 Å². The molecular formula is C20H20N2O4. The second kappa shape index (κ2) is 6.05. The molecule has 1 N–H and O–H groups in total. The summed E-state index contributed by atoms with van der Waals surface area (Å²) in [5.74, 6) is 0.853. The van der Waals surface area contributed by atoms with E-state index in [4.69, 9.17) is 9.47 Å². The zero-order valence-electron chi connectivity index (χ0n) is 14.7. The molecule has 4 rings (SSSR count). The molecule has 0 saturated heterocycles. The summed E-state index contributed by atoms with van der Waals surface area (Å²) >= 11 is 0. The summed E-state index contributed by atoms with van der Waals surface area (Å²) in [5, 5.41) is 2.74. The number of hydrogen-bond acceptors (Lipinski definition) is 4. The Bertz CT molecular complexity index is 891. The minimum Gasteiger partial charge on any atom is -0.486 e. The van der Waals surface area contributed by atoms with Crippen molar-refractivity contribution < 1.29 is 19.1 Å². The molecule has 0 radical (unpaired) electrons. The number of carbonyl (C=O) groups is 2. The number of hydrogen-bond donors (Lipinski definition) is 1. The van der Waals surface area contributed by atoms with Gasteiger partial charge in [-0.3, -0.25) is 9.59 Å². The highest BCUT2D eigenvalue weighted by Gasteiger charge is 2.33. The molecule has 0 unspecified atom stereocenters. The monoisotopic (exact) mass is 352 g/mol. The van der Waals surface area contributed by atoms with Crippen molar-refractivity contribution in [1.82, 2.24) is 4.90 Å². The standard InChI is InChI=1S/C20H20N2O4/c1-20(2)12-22(10-13-6-3-4-9-16(13)26-20)19(24)14-7-5-8-15-18(14)25-11-17(23)21-15/h3-9H,10-12H2,1-2H3,(H,21,23). The lowest BCUT2D eigenvalue weighted by Crippen LogP contribution is -2.43. The predicted octanol–water partition coefficient (Wildman–Crippen LogP) is 2.83. The summed E-state index contributed by atoms with van der Waals surface area (Å²) in [7, 11) is 0. The molecule has 0 atom stereocenters. The minimum atomic E-state index is -0.522. The van der Waals surface area contributed by atoms with E-state index in [1.807, 2.05) is 38.1 Å². The summed E-state index contributed by atoms with van der Waals surface area (Å²) in [5.41, 5.74) is 1.41. The van der Waals surface area contributed by atoms with Crippen molar-refractivity contribution >= 4 is 17.5 Å². The molecule has 2 aromatic carbocycles. The van der Waals surface area contributed by atoms with Gasteiger partial charge in [0, 0.05) is 12.1 Å². The SMILES string of the molecule is CC1(C)CN(C(=O)c2cccc3c2OCC(=O)N3)Cc2ccccc2O1. The van der Waals surface area contributed by atoms with E-state index in [1.54, 1.807) is 23.1 Å². The summed E-state index contributed by atoms with van der Waals surface area (Å²) in [4.78, 5) is 26.6. The minimum absolute atomic E-state index is 0.0886. The molecule has 0 bridgehead atoms. The van der Waals surface area contributed by atoms with Gasteiger partial charge in [0.15, 0.2) is 12.4 Å². The molecule has 0 aliphatic carbocycles. The van der Waals surface area contributed by atoms with Gasteiger partial charge in [0.1, 0.15) is 11.4 Å². The lowest BCUT2D eigenvalue weighted by molar-refractivity contribution is -0.118. The molecule has 26 heavy (non-hydrogen) atoms. The van der Waals surface area contributed by atoms with Crippen LogP contribution in [0.25, 0.3) is 0 Å². The molecule has 2 aliphatic heterocycles. The van der Waals surface area contributed by atoms with Crippen LogP contribution in [0.15, 0.2) is 42.5 Å². The van der Waals surface area contributed by atoms with Crippen LogP contribution in [0, 0.1) is 0 Å². The van der Waals surface area contributed by atoms with Crippen LogP contribution in [0.1, 0.15) is 29.8 Å². The molecule has 6 nitrogen and oxygen atoms in total. The molecule has 2 heterocycles. The lowest BCUT2D eigenvalue weighted by atomic mass is 10.1. The summed E-state index contributed by atoms with van der Waals surface area (Å²) < 4.78 is 11.6. The van der Waals surface area contributed by atoms with Crippen LogP contribution in [-0.4, -0.2) is 35.5 Å². The lowest BCUT2D eigenvalue weighted by Gasteiger charge is -2.30. The molecule has 2 amide bonds. The normalized spacial score (nSPS) is 17.8. The molecule has 0 aromatic heterocycles. The highest BCUT2D eigenvalue weighted by molar-refractivity contribution is 6.03. The maximum Gasteiger partial charge on any atom is 0.262 e. The van der Waals surface area contributed by atoms with Crippen LogP contribution in [0.3, 0.4) is 0 Å².